The highest BCUT2D eigenvalue weighted by molar-refractivity contribution is 6.10. The van der Waals surface area contributed by atoms with Crippen LogP contribution in [0.25, 0.3) is 77.9 Å². The SMILES string of the molecule is COCCOc1cccc(-c2nnc(-c3cc(-n4c5ccccc5c5ccccc54)cc(-n4c5ccccc5c5ccccc54)c3)o2)c1. The van der Waals surface area contributed by atoms with E-state index in [-0.39, 0.29) is 0 Å². The van der Waals surface area contributed by atoms with E-state index in [1.165, 1.54) is 21.5 Å². The predicted molar refractivity (Wildman–Crippen MR) is 191 cm³/mol. The fraction of sp³-hybridized carbons (Fsp3) is 0.0732. The average molecular weight is 627 g/mol. The molecule has 0 saturated carbocycles. The van der Waals surface area contributed by atoms with Crippen molar-refractivity contribution in [2.24, 2.45) is 0 Å². The van der Waals surface area contributed by atoms with Gasteiger partial charge in [-0.2, -0.15) is 0 Å². The highest BCUT2D eigenvalue weighted by Crippen LogP contribution is 2.38. The predicted octanol–water partition coefficient (Wildman–Crippen LogP) is 9.62. The van der Waals surface area contributed by atoms with Gasteiger partial charge in [0.1, 0.15) is 12.4 Å². The lowest BCUT2D eigenvalue weighted by Gasteiger charge is -2.14. The smallest absolute Gasteiger partial charge is 0.248 e. The van der Waals surface area contributed by atoms with Crippen LogP contribution >= 0.6 is 0 Å². The van der Waals surface area contributed by atoms with E-state index in [4.69, 9.17) is 13.9 Å². The monoisotopic (exact) mass is 626 g/mol. The van der Waals surface area contributed by atoms with Crippen LogP contribution in [0.1, 0.15) is 0 Å². The normalized spacial score (nSPS) is 11.7. The first kappa shape index (κ1) is 28.1. The molecule has 0 amide bonds. The lowest BCUT2D eigenvalue weighted by Crippen LogP contribution is -2.04. The van der Waals surface area contributed by atoms with Crippen molar-refractivity contribution in [1.82, 2.24) is 19.3 Å². The van der Waals surface area contributed by atoms with Crippen molar-refractivity contribution >= 4 is 43.6 Å². The van der Waals surface area contributed by atoms with Gasteiger partial charge in [-0.3, -0.25) is 0 Å². The molecule has 0 N–H and O–H groups in total. The van der Waals surface area contributed by atoms with Gasteiger partial charge in [0.15, 0.2) is 0 Å². The Labute approximate surface area is 276 Å². The third kappa shape index (κ3) is 4.63. The molecule has 9 rings (SSSR count). The zero-order chi connectivity index (χ0) is 32.0. The summed E-state index contributed by atoms with van der Waals surface area (Å²) in [5.41, 5.74) is 8.09. The van der Waals surface area contributed by atoms with Gasteiger partial charge in [-0.1, -0.05) is 78.9 Å². The summed E-state index contributed by atoms with van der Waals surface area (Å²) in [5.74, 6) is 1.56. The highest BCUT2D eigenvalue weighted by atomic mass is 16.5. The Balaban J connectivity index is 1.27. The topological polar surface area (TPSA) is 67.2 Å². The van der Waals surface area contributed by atoms with E-state index in [0.29, 0.717) is 30.7 Å². The fourth-order valence-electron chi connectivity index (χ4n) is 6.80. The van der Waals surface area contributed by atoms with Crippen LogP contribution < -0.4 is 4.74 Å². The van der Waals surface area contributed by atoms with Crippen molar-refractivity contribution in [3.05, 3.63) is 140 Å². The minimum absolute atomic E-state index is 0.419. The summed E-state index contributed by atoms with van der Waals surface area (Å²) in [6, 6.07) is 48.4. The van der Waals surface area contributed by atoms with Crippen molar-refractivity contribution in [2.75, 3.05) is 20.3 Å². The Bertz CT molecular complexity index is 2370. The number of aromatic nitrogens is 4. The standard InChI is InChI=1S/C41H30N4O3/c1-46-21-22-47-31-12-10-11-27(25-31)40-42-43-41(48-40)28-23-29(44-36-17-6-2-13-32(36)33-14-3-7-18-37(33)44)26-30(24-28)45-38-19-8-4-15-34(38)35-16-5-9-20-39(35)45/h2-20,23-26H,21-22H2,1H3. The summed E-state index contributed by atoms with van der Waals surface area (Å²) in [4.78, 5) is 0. The molecule has 0 bridgehead atoms. The maximum Gasteiger partial charge on any atom is 0.248 e. The van der Waals surface area contributed by atoms with Gasteiger partial charge in [0.05, 0.1) is 28.7 Å². The molecule has 3 aromatic heterocycles. The number of rotatable bonds is 8. The molecule has 0 spiro atoms. The van der Waals surface area contributed by atoms with Crippen LogP contribution in [0.5, 0.6) is 5.75 Å². The van der Waals surface area contributed by atoms with Gasteiger partial charge in [-0.25, -0.2) is 0 Å². The quantitative estimate of drug-likeness (QED) is 0.157. The lowest BCUT2D eigenvalue weighted by atomic mass is 10.1. The Morgan fingerprint density at radius 3 is 1.48 bits per heavy atom. The van der Waals surface area contributed by atoms with Crippen molar-refractivity contribution in [3.8, 4) is 40.0 Å². The van der Waals surface area contributed by atoms with Gasteiger partial charge >= 0.3 is 0 Å². The van der Waals surface area contributed by atoms with Crippen LogP contribution in [0.4, 0.5) is 0 Å². The molecule has 0 aliphatic rings. The molecular formula is C41H30N4O3. The Hall–Kier alpha value is -6.18. The zero-order valence-corrected chi connectivity index (χ0v) is 26.2. The first-order chi connectivity index (χ1) is 23.8. The van der Waals surface area contributed by atoms with Crippen LogP contribution in [0.2, 0.25) is 0 Å². The van der Waals surface area contributed by atoms with Gasteiger partial charge in [-0.05, 0) is 60.7 Å². The van der Waals surface area contributed by atoms with Gasteiger partial charge in [0.25, 0.3) is 0 Å². The molecule has 7 nitrogen and oxygen atoms in total. The second-order valence-electron chi connectivity index (χ2n) is 11.8. The molecule has 9 aromatic rings. The highest BCUT2D eigenvalue weighted by Gasteiger charge is 2.19. The largest absolute Gasteiger partial charge is 0.491 e. The summed E-state index contributed by atoms with van der Waals surface area (Å²) in [6.07, 6.45) is 0. The minimum Gasteiger partial charge on any atom is -0.491 e. The van der Waals surface area contributed by atoms with Crippen molar-refractivity contribution < 1.29 is 13.9 Å². The molecule has 0 aliphatic carbocycles. The molecule has 0 atom stereocenters. The van der Waals surface area contributed by atoms with E-state index >= 15 is 0 Å². The molecule has 7 heteroatoms. The molecular weight excluding hydrogens is 596 g/mol. The van der Waals surface area contributed by atoms with Crippen LogP contribution in [-0.4, -0.2) is 39.7 Å². The van der Waals surface area contributed by atoms with Gasteiger partial charge in [0.2, 0.25) is 11.8 Å². The third-order valence-electron chi connectivity index (χ3n) is 8.89. The van der Waals surface area contributed by atoms with Crippen molar-refractivity contribution in [2.45, 2.75) is 0 Å². The average Bonchev–Trinajstić information content (AvgIpc) is 3.85. The van der Waals surface area contributed by atoms with E-state index in [1.807, 2.05) is 24.3 Å². The van der Waals surface area contributed by atoms with Crippen molar-refractivity contribution in [1.29, 1.82) is 0 Å². The zero-order valence-electron chi connectivity index (χ0n) is 26.2. The van der Waals surface area contributed by atoms with Crippen LogP contribution in [0.3, 0.4) is 0 Å². The Morgan fingerprint density at radius 1 is 0.500 bits per heavy atom. The maximum atomic E-state index is 6.41. The molecule has 3 heterocycles. The number of benzene rings is 6. The van der Waals surface area contributed by atoms with E-state index < -0.39 is 0 Å². The van der Waals surface area contributed by atoms with Crippen LogP contribution in [-0.2, 0) is 4.74 Å². The van der Waals surface area contributed by atoms with E-state index in [9.17, 15) is 0 Å². The Morgan fingerprint density at radius 2 is 0.979 bits per heavy atom. The lowest BCUT2D eigenvalue weighted by molar-refractivity contribution is 0.146. The fourth-order valence-corrected chi connectivity index (χ4v) is 6.80. The van der Waals surface area contributed by atoms with E-state index in [0.717, 1.165) is 44.6 Å². The van der Waals surface area contributed by atoms with Crippen LogP contribution in [0.15, 0.2) is 144 Å². The number of fused-ring (bicyclic) bond motifs is 6. The number of para-hydroxylation sites is 4. The maximum absolute atomic E-state index is 6.41. The molecule has 0 radical (unpaired) electrons. The number of hydrogen-bond donors (Lipinski definition) is 0. The van der Waals surface area contributed by atoms with Gasteiger partial charge in [0, 0.05) is 51.2 Å². The number of methoxy groups -OCH3 is 1. The van der Waals surface area contributed by atoms with E-state index in [2.05, 4.69) is 135 Å². The second kappa shape index (κ2) is 11.6. The van der Waals surface area contributed by atoms with E-state index in [1.54, 1.807) is 7.11 Å². The summed E-state index contributed by atoms with van der Waals surface area (Å²) in [7, 11) is 1.66. The molecule has 232 valence electrons. The Kier molecular flexibility index (Phi) is 6.76. The van der Waals surface area contributed by atoms with Crippen molar-refractivity contribution in [3.63, 3.8) is 0 Å². The second-order valence-corrected chi connectivity index (χ2v) is 11.8. The van der Waals surface area contributed by atoms with Gasteiger partial charge in [-0.15, -0.1) is 10.2 Å². The summed E-state index contributed by atoms with van der Waals surface area (Å²) in [5, 5.41) is 13.8. The molecule has 0 fully saturated rings. The minimum atomic E-state index is 0.419. The van der Waals surface area contributed by atoms with Crippen LogP contribution in [0, 0.1) is 0 Å². The summed E-state index contributed by atoms with van der Waals surface area (Å²) < 4.78 is 22.0. The first-order valence-electron chi connectivity index (χ1n) is 15.9. The molecule has 0 saturated heterocycles. The molecule has 6 aromatic carbocycles. The number of hydrogen-bond acceptors (Lipinski definition) is 5. The number of nitrogens with zero attached hydrogens (tertiary/aromatic N) is 4. The number of ether oxygens (including phenoxy) is 2. The summed E-state index contributed by atoms with van der Waals surface area (Å²) >= 11 is 0. The van der Waals surface area contributed by atoms with Gasteiger partial charge < -0.3 is 23.0 Å². The third-order valence-corrected chi connectivity index (χ3v) is 8.89. The molecule has 48 heavy (non-hydrogen) atoms. The molecule has 0 unspecified atom stereocenters. The summed E-state index contributed by atoms with van der Waals surface area (Å²) in [6.45, 7) is 0.960. The first-order valence-corrected chi connectivity index (χ1v) is 15.9. The molecule has 0 aliphatic heterocycles.